The quantitative estimate of drug-likeness (QED) is 0.541. The smallest absolute Gasteiger partial charge is 0.127 e. The summed E-state index contributed by atoms with van der Waals surface area (Å²) in [6.07, 6.45) is 0. The Balaban J connectivity index is 0.000000203. The third-order valence-electron chi connectivity index (χ3n) is 2.93. The number of ether oxygens (including phenoxy) is 1. The zero-order chi connectivity index (χ0) is 16.7. The van der Waals surface area contributed by atoms with E-state index in [0.717, 1.165) is 34.2 Å². The fraction of sp³-hybridized carbons (Fsp3) is 0. The molecule has 0 radical (unpaired) electrons. The first-order chi connectivity index (χ1) is 11.0. The summed E-state index contributed by atoms with van der Waals surface area (Å²) >= 11 is 0. The van der Waals surface area contributed by atoms with Crippen LogP contribution in [-0.4, -0.2) is 0 Å². The molecule has 0 heterocycles. The Labute approximate surface area is 135 Å². The van der Waals surface area contributed by atoms with Crippen LogP contribution in [0.15, 0.2) is 72.8 Å². The van der Waals surface area contributed by atoms with Gasteiger partial charge in [-0.3, -0.25) is 0 Å². The highest BCUT2D eigenvalue weighted by Crippen LogP contribution is 2.22. The van der Waals surface area contributed by atoms with Crippen molar-refractivity contribution in [1.29, 1.82) is 0 Å². The molecule has 0 bridgehead atoms. The monoisotopic (exact) mass is 308 g/mol. The Hall–Kier alpha value is -3.34. The van der Waals surface area contributed by atoms with E-state index in [-0.39, 0.29) is 0 Å². The van der Waals surface area contributed by atoms with Gasteiger partial charge in [0.25, 0.3) is 0 Å². The molecule has 0 aliphatic rings. The number of anilines is 4. The summed E-state index contributed by atoms with van der Waals surface area (Å²) in [4.78, 5) is 0. The van der Waals surface area contributed by atoms with Crippen LogP contribution in [0.3, 0.4) is 0 Å². The molecule has 5 heteroatoms. The van der Waals surface area contributed by atoms with E-state index in [1.807, 2.05) is 24.3 Å². The molecule has 5 nitrogen and oxygen atoms in total. The first-order valence-corrected chi connectivity index (χ1v) is 7.03. The number of rotatable bonds is 2. The number of benzene rings is 3. The minimum atomic E-state index is 0.722. The molecule has 0 aromatic heterocycles. The summed E-state index contributed by atoms with van der Waals surface area (Å²) in [5.74, 6) is 1.52. The molecule has 0 fully saturated rings. The Bertz CT molecular complexity index is 658. The Kier molecular flexibility index (Phi) is 5.30. The highest BCUT2D eigenvalue weighted by atomic mass is 16.5. The van der Waals surface area contributed by atoms with Crippen LogP contribution in [0.5, 0.6) is 11.5 Å². The van der Waals surface area contributed by atoms with E-state index in [1.165, 1.54) is 0 Å². The van der Waals surface area contributed by atoms with Gasteiger partial charge in [-0.25, -0.2) is 0 Å². The van der Waals surface area contributed by atoms with Gasteiger partial charge >= 0.3 is 0 Å². The lowest BCUT2D eigenvalue weighted by atomic mass is 10.3. The SMILES string of the molecule is Nc1ccc(N)cc1.Nc1ccc(Oc2ccc(N)cc2)cc1. The summed E-state index contributed by atoms with van der Waals surface area (Å²) in [6, 6.07) is 21.6. The van der Waals surface area contributed by atoms with E-state index in [0.29, 0.717) is 0 Å². The maximum Gasteiger partial charge on any atom is 0.127 e. The molecule has 0 saturated heterocycles. The molecule has 3 aromatic rings. The van der Waals surface area contributed by atoms with Crippen molar-refractivity contribution in [3.63, 3.8) is 0 Å². The summed E-state index contributed by atoms with van der Waals surface area (Å²) in [6.45, 7) is 0. The number of nitrogens with two attached hydrogens (primary N) is 4. The van der Waals surface area contributed by atoms with Crippen molar-refractivity contribution in [3.05, 3.63) is 72.8 Å². The van der Waals surface area contributed by atoms with E-state index in [9.17, 15) is 0 Å². The molecule has 0 atom stereocenters. The predicted octanol–water partition coefficient (Wildman–Crippen LogP) is 3.49. The predicted molar refractivity (Wildman–Crippen MR) is 97.0 cm³/mol. The topological polar surface area (TPSA) is 113 Å². The molecule has 23 heavy (non-hydrogen) atoms. The fourth-order valence-corrected chi connectivity index (χ4v) is 1.70. The van der Waals surface area contributed by atoms with Crippen LogP contribution in [-0.2, 0) is 0 Å². The lowest BCUT2D eigenvalue weighted by Gasteiger charge is -2.05. The van der Waals surface area contributed by atoms with Gasteiger partial charge in [0.2, 0.25) is 0 Å². The first kappa shape index (κ1) is 16.0. The third kappa shape index (κ3) is 5.51. The number of hydrogen-bond donors (Lipinski definition) is 4. The highest BCUT2D eigenvalue weighted by molar-refractivity contribution is 5.48. The van der Waals surface area contributed by atoms with Crippen molar-refractivity contribution in [3.8, 4) is 11.5 Å². The maximum absolute atomic E-state index is 5.58. The molecule has 0 aliphatic heterocycles. The van der Waals surface area contributed by atoms with Crippen LogP contribution < -0.4 is 27.7 Å². The van der Waals surface area contributed by atoms with Gasteiger partial charge in [0.05, 0.1) is 0 Å². The van der Waals surface area contributed by atoms with Gasteiger partial charge < -0.3 is 27.7 Å². The largest absolute Gasteiger partial charge is 0.457 e. The molecule has 0 saturated carbocycles. The van der Waals surface area contributed by atoms with Gasteiger partial charge in [0, 0.05) is 22.7 Å². The zero-order valence-electron chi connectivity index (χ0n) is 12.6. The molecule has 0 unspecified atom stereocenters. The summed E-state index contributed by atoms with van der Waals surface area (Å²) in [5, 5.41) is 0. The highest BCUT2D eigenvalue weighted by Gasteiger charge is 1.96. The molecule has 0 spiro atoms. The molecule has 8 N–H and O–H groups in total. The van der Waals surface area contributed by atoms with Crippen molar-refractivity contribution in [2.45, 2.75) is 0 Å². The van der Waals surface area contributed by atoms with Gasteiger partial charge in [-0.2, -0.15) is 0 Å². The van der Waals surface area contributed by atoms with Crippen molar-refractivity contribution in [1.82, 2.24) is 0 Å². The van der Waals surface area contributed by atoms with E-state index in [1.54, 1.807) is 48.5 Å². The van der Waals surface area contributed by atoms with E-state index in [2.05, 4.69) is 0 Å². The van der Waals surface area contributed by atoms with E-state index in [4.69, 9.17) is 27.7 Å². The molecule has 0 aliphatic carbocycles. The second kappa shape index (κ2) is 7.61. The van der Waals surface area contributed by atoms with Crippen molar-refractivity contribution in [2.24, 2.45) is 0 Å². The van der Waals surface area contributed by atoms with E-state index >= 15 is 0 Å². The molecular formula is C18H20N4O. The summed E-state index contributed by atoms with van der Waals surface area (Å²) in [7, 11) is 0. The molecule has 3 rings (SSSR count). The molecule has 3 aromatic carbocycles. The van der Waals surface area contributed by atoms with Gasteiger partial charge in [-0.05, 0) is 72.8 Å². The van der Waals surface area contributed by atoms with Gasteiger partial charge in [0.1, 0.15) is 11.5 Å². The van der Waals surface area contributed by atoms with Crippen molar-refractivity contribution >= 4 is 22.7 Å². The minimum absolute atomic E-state index is 0.722. The first-order valence-electron chi connectivity index (χ1n) is 7.03. The standard InChI is InChI=1S/C12H12N2O.C6H8N2/c13-9-1-5-11(6-2-9)15-12-7-3-10(14)4-8-12;7-5-1-2-6(8)4-3-5/h1-8H,13-14H2;1-4H,7-8H2. The Morgan fingerprint density at radius 2 is 0.609 bits per heavy atom. The Morgan fingerprint density at radius 1 is 0.391 bits per heavy atom. The number of hydrogen-bond acceptors (Lipinski definition) is 5. The van der Waals surface area contributed by atoms with Gasteiger partial charge in [-0.1, -0.05) is 0 Å². The zero-order valence-corrected chi connectivity index (χ0v) is 12.6. The summed E-state index contributed by atoms with van der Waals surface area (Å²) < 4.78 is 5.58. The molecular weight excluding hydrogens is 288 g/mol. The average Bonchev–Trinajstić information content (AvgIpc) is 2.55. The maximum atomic E-state index is 5.58. The van der Waals surface area contributed by atoms with Crippen molar-refractivity contribution < 1.29 is 4.74 Å². The second-order valence-electron chi connectivity index (χ2n) is 4.91. The van der Waals surface area contributed by atoms with E-state index < -0.39 is 0 Å². The van der Waals surface area contributed by atoms with Crippen LogP contribution >= 0.6 is 0 Å². The average molecular weight is 308 g/mol. The van der Waals surface area contributed by atoms with Gasteiger partial charge in [-0.15, -0.1) is 0 Å². The minimum Gasteiger partial charge on any atom is -0.457 e. The van der Waals surface area contributed by atoms with Gasteiger partial charge in [0.15, 0.2) is 0 Å². The Morgan fingerprint density at radius 3 is 0.870 bits per heavy atom. The summed E-state index contributed by atoms with van der Waals surface area (Å²) in [5.41, 5.74) is 24.8. The molecule has 118 valence electrons. The van der Waals surface area contributed by atoms with Crippen LogP contribution in [0.4, 0.5) is 22.7 Å². The van der Waals surface area contributed by atoms with Crippen molar-refractivity contribution in [2.75, 3.05) is 22.9 Å². The third-order valence-corrected chi connectivity index (χ3v) is 2.93. The van der Waals surface area contributed by atoms with Crippen LogP contribution in [0.2, 0.25) is 0 Å². The second-order valence-corrected chi connectivity index (χ2v) is 4.91. The molecule has 0 amide bonds. The fourth-order valence-electron chi connectivity index (χ4n) is 1.70. The van der Waals surface area contributed by atoms with Crippen LogP contribution in [0.1, 0.15) is 0 Å². The number of nitrogen functional groups attached to an aromatic ring is 4. The normalized spacial score (nSPS) is 9.57. The van der Waals surface area contributed by atoms with Crippen LogP contribution in [0.25, 0.3) is 0 Å². The lowest BCUT2D eigenvalue weighted by Crippen LogP contribution is -1.87. The lowest BCUT2D eigenvalue weighted by molar-refractivity contribution is 0.483. The van der Waals surface area contributed by atoms with Crippen LogP contribution in [0, 0.1) is 0 Å².